The van der Waals surface area contributed by atoms with Gasteiger partial charge in [-0.3, -0.25) is 9.59 Å². The Hall–Kier alpha value is -3.29. The summed E-state index contributed by atoms with van der Waals surface area (Å²) in [5.41, 5.74) is 0.533. The van der Waals surface area contributed by atoms with Crippen molar-refractivity contribution in [1.82, 2.24) is 5.32 Å². The van der Waals surface area contributed by atoms with Gasteiger partial charge in [0.25, 0.3) is 5.91 Å². The van der Waals surface area contributed by atoms with Gasteiger partial charge in [0, 0.05) is 11.8 Å². The third kappa shape index (κ3) is 4.60. The minimum absolute atomic E-state index is 0.150. The Labute approximate surface area is 142 Å². The van der Waals surface area contributed by atoms with Crippen molar-refractivity contribution in [1.29, 1.82) is 0 Å². The van der Waals surface area contributed by atoms with E-state index in [9.17, 15) is 14.0 Å². The molecule has 3 rings (SSSR count). The Balaban J connectivity index is 1.41. The van der Waals surface area contributed by atoms with Crippen LogP contribution in [0.5, 0.6) is 17.2 Å². The van der Waals surface area contributed by atoms with Gasteiger partial charge in [0.05, 0.1) is 6.54 Å². The molecule has 2 aromatic carbocycles. The van der Waals surface area contributed by atoms with E-state index in [1.165, 1.54) is 24.3 Å². The van der Waals surface area contributed by atoms with Gasteiger partial charge in [-0.1, -0.05) is 0 Å². The summed E-state index contributed by atoms with van der Waals surface area (Å²) in [5.74, 6) is 0.274. The zero-order valence-electron chi connectivity index (χ0n) is 13.1. The van der Waals surface area contributed by atoms with Gasteiger partial charge in [-0.25, -0.2) is 4.39 Å². The Morgan fingerprint density at radius 1 is 1.04 bits per heavy atom. The standard InChI is InChI=1S/C17H15FN2O5/c18-11-1-4-13(5-2-11)23-9-17(22)19-8-16(21)20-12-3-6-14-15(7-12)25-10-24-14/h1-7H,8-10H2,(H,19,22)(H,20,21). The Morgan fingerprint density at radius 2 is 1.80 bits per heavy atom. The molecule has 1 aliphatic heterocycles. The summed E-state index contributed by atoms with van der Waals surface area (Å²) in [6.45, 7) is -0.333. The molecule has 2 amide bonds. The molecule has 0 aromatic heterocycles. The van der Waals surface area contributed by atoms with Crippen LogP contribution in [0.15, 0.2) is 42.5 Å². The van der Waals surface area contributed by atoms with Crippen LogP contribution in [0.2, 0.25) is 0 Å². The molecular formula is C17H15FN2O5. The lowest BCUT2D eigenvalue weighted by atomic mass is 10.3. The average Bonchev–Trinajstić information content (AvgIpc) is 3.07. The van der Waals surface area contributed by atoms with Crippen molar-refractivity contribution >= 4 is 17.5 Å². The minimum Gasteiger partial charge on any atom is -0.484 e. The fourth-order valence-corrected chi connectivity index (χ4v) is 2.09. The number of fused-ring (bicyclic) bond motifs is 1. The summed E-state index contributed by atoms with van der Waals surface area (Å²) in [6.07, 6.45) is 0. The fourth-order valence-electron chi connectivity index (χ4n) is 2.09. The van der Waals surface area contributed by atoms with E-state index in [-0.39, 0.29) is 19.9 Å². The van der Waals surface area contributed by atoms with Crippen LogP contribution in [0.25, 0.3) is 0 Å². The predicted molar refractivity (Wildman–Crippen MR) is 86.1 cm³/mol. The zero-order valence-corrected chi connectivity index (χ0v) is 13.1. The van der Waals surface area contributed by atoms with Crippen LogP contribution in [0.4, 0.5) is 10.1 Å². The lowest BCUT2D eigenvalue weighted by Crippen LogP contribution is -2.35. The third-order valence-corrected chi connectivity index (χ3v) is 3.29. The molecule has 1 heterocycles. The van der Waals surface area contributed by atoms with Gasteiger partial charge in [-0.2, -0.15) is 0 Å². The molecule has 7 nitrogen and oxygen atoms in total. The van der Waals surface area contributed by atoms with Crippen molar-refractivity contribution < 1.29 is 28.2 Å². The number of benzene rings is 2. The van der Waals surface area contributed by atoms with Crippen molar-refractivity contribution in [3.63, 3.8) is 0 Å². The largest absolute Gasteiger partial charge is 0.484 e. The number of carbonyl (C=O) groups excluding carboxylic acids is 2. The summed E-state index contributed by atoms with van der Waals surface area (Å²) >= 11 is 0. The number of nitrogens with one attached hydrogen (secondary N) is 2. The Morgan fingerprint density at radius 3 is 2.60 bits per heavy atom. The summed E-state index contributed by atoms with van der Waals surface area (Å²) in [6, 6.07) is 10.3. The number of ether oxygens (including phenoxy) is 3. The van der Waals surface area contributed by atoms with Gasteiger partial charge in [0.2, 0.25) is 12.7 Å². The first-order valence-electron chi connectivity index (χ1n) is 7.45. The van der Waals surface area contributed by atoms with E-state index >= 15 is 0 Å². The molecule has 0 unspecified atom stereocenters. The van der Waals surface area contributed by atoms with E-state index in [1.54, 1.807) is 18.2 Å². The van der Waals surface area contributed by atoms with Gasteiger partial charge in [0.15, 0.2) is 18.1 Å². The molecule has 1 aliphatic rings. The highest BCUT2D eigenvalue weighted by Gasteiger charge is 2.14. The van der Waals surface area contributed by atoms with Crippen molar-refractivity contribution in [3.8, 4) is 17.2 Å². The quantitative estimate of drug-likeness (QED) is 0.831. The Bertz CT molecular complexity index is 779. The molecule has 0 saturated heterocycles. The van der Waals surface area contributed by atoms with E-state index in [0.717, 1.165) is 0 Å². The van der Waals surface area contributed by atoms with Crippen LogP contribution in [0.3, 0.4) is 0 Å². The second-order valence-electron chi connectivity index (χ2n) is 5.14. The first-order chi connectivity index (χ1) is 12.1. The molecule has 8 heteroatoms. The molecule has 0 fully saturated rings. The molecule has 0 radical (unpaired) electrons. The van der Waals surface area contributed by atoms with Crippen LogP contribution in [0, 0.1) is 5.82 Å². The molecule has 130 valence electrons. The lowest BCUT2D eigenvalue weighted by Gasteiger charge is -2.08. The molecule has 2 aromatic rings. The van der Waals surface area contributed by atoms with Gasteiger partial charge >= 0.3 is 0 Å². The van der Waals surface area contributed by atoms with Crippen LogP contribution in [0.1, 0.15) is 0 Å². The highest BCUT2D eigenvalue weighted by atomic mass is 19.1. The number of carbonyl (C=O) groups is 2. The topological polar surface area (TPSA) is 85.9 Å². The second-order valence-corrected chi connectivity index (χ2v) is 5.14. The van der Waals surface area contributed by atoms with Crippen LogP contribution in [-0.4, -0.2) is 31.8 Å². The van der Waals surface area contributed by atoms with Crippen LogP contribution >= 0.6 is 0 Å². The maximum atomic E-state index is 12.8. The van der Waals surface area contributed by atoms with Crippen LogP contribution in [-0.2, 0) is 9.59 Å². The second kappa shape index (κ2) is 7.52. The number of rotatable bonds is 6. The number of hydrogen-bond acceptors (Lipinski definition) is 5. The van der Waals surface area contributed by atoms with Crippen molar-refractivity contribution in [3.05, 3.63) is 48.3 Å². The molecule has 2 N–H and O–H groups in total. The van der Waals surface area contributed by atoms with Crippen molar-refractivity contribution in [2.75, 3.05) is 25.3 Å². The first kappa shape index (κ1) is 16.6. The number of anilines is 1. The number of halogens is 1. The Kier molecular flexibility index (Phi) is 4.98. The molecule has 25 heavy (non-hydrogen) atoms. The maximum absolute atomic E-state index is 12.8. The highest BCUT2D eigenvalue weighted by Crippen LogP contribution is 2.34. The molecule has 0 spiro atoms. The molecule has 0 atom stereocenters. The van der Waals surface area contributed by atoms with Gasteiger partial charge in [-0.05, 0) is 36.4 Å². The predicted octanol–water partition coefficient (Wildman–Crippen LogP) is 1.69. The van der Waals surface area contributed by atoms with Crippen molar-refractivity contribution in [2.45, 2.75) is 0 Å². The SMILES string of the molecule is O=C(COc1ccc(F)cc1)NCC(=O)Nc1ccc2c(c1)OCO2. The number of amides is 2. The molecule has 0 saturated carbocycles. The van der Waals surface area contributed by atoms with E-state index < -0.39 is 17.6 Å². The maximum Gasteiger partial charge on any atom is 0.258 e. The van der Waals surface area contributed by atoms with Gasteiger partial charge in [-0.15, -0.1) is 0 Å². The van der Waals surface area contributed by atoms with Crippen LogP contribution < -0.4 is 24.8 Å². The summed E-state index contributed by atoms with van der Waals surface area (Å²) in [7, 11) is 0. The van der Waals surface area contributed by atoms with E-state index in [2.05, 4.69) is 10.6 Å². The van der Waals surface area contributed by atoms with Crippen molar-refractivity contribution in [2.24, 2.45) is 0 Å². The molecule has 0 bridgehead atoms. The normalized spacial score (nSPS) is 11.7. The number of hydrogen-bond donors (Lipinski definition) is 2. The average molecular weight is 346 g/mol. The first-order valence-corrected chi connectivity index (χ1v) is 7.45. The zero-order chi connectivity index (χ0) is 17.6. The fraction of sp³-hybridized carbons (Fsp3) is 0.176. The van der Waals surface area contributed by atoms with Gasteiger partial charge in [0.1, 0.15) is 11.6 Å². The monoisotopic (exact) mass is 346 g/mol. The van der Waals surface area contributed by atoms with E-state index in [1.807, 2.05) is 0 Å². The summed E-state index contributed by atoms with van der Waals surface area (Å²) in [4.78, 5) is 23.5. The summed E-state index contributed by atoms with van der Waals surface area (Å²) < 4.78 is 28.3. The molecule has 0 aliphatic carbocycles. The lowest BCUT2D eigenvalue weighted by molar-refractivity contribution is -0.125. The van der Waals surface area contributed by atoms with E-state index in [0.29, 0.717) is 22.9 Å². The molecular weight excluding hydrogens is 331 g/mol. The van der Waals surface area contributed by atoms with Gasteiger partial charge < -0.3 is 24.8 Å². The minimum atomic E-state index is -0.467. The highest BCUT2D eigenvalue weighted by molar-refractivity contribution is 5.95. The summed E-state index contributed by atoms with van der Waals surface area (Å²) in [5, 5.41) is 5.07. The van der Waals surface area contributed by atoms with E-state index in [4.69, 9.17) is 14.2 Å². The third-order valence-electron chi connectivity index (χ3n) is 3.29. The smallest absolute Gasteiger partial charge is 0.258 e.